The number of amides is 2. The maximum atomic E-state index is 12.7. The Kier molecular flexibility index (Phi) is 4.66. The summed E-state index contributed by atoms with van der Waals surface area (Å²) >= 11 is 0. The standard InChI is InChI=1S/C19H17N3O3/c1-13-10-18(23)21-16-4-2-3-5-17(16)22(13)19(24)12-25-15-8-6-14(11-20)7-9-15/h2-9,13H,10,12H2,1H3,(H,21,23)/t13-/m0/s1. The zero-order valence-corrected chi connectivity index (χ0v) is 13.7. The second-order valence-electron chi connectivity index (χ2n) is 5.81. The number of nitrogens with zero attached hydrogens (tertiary/aromatic N) is 2. The molecule has 0 aliphatic carbocycles. The number of nitriles is 1. The zero-order chi connectivity index (χ0) is 17.8. The highest BCUT2D eigenvalue weighted by Gasteiger charge is 2.29. The summed E-state index contributed by atoms with van der Waals surface area (Å²) in [5.41, 5.74) is 1.80. The van der Waals surface area contributed by atoms with Gasteiger partial charge in [0.15, 0.2) is 6.61 Å². The van der Waals surface area contributed by atoms with E-state index in [1.54, 1.807) is 41.3 Å². The Morgan fingerprint density at radius 3 is 2.72 bits per heavy atom. The minimum atomic E-state index is -0.277. The van der Waals surface area contributed by atoms with Gasteiger partial charge in [-0.05, 0) is 43.3 Å². The van der Waals surface area contributed by atoms with Gasteiger partial charge in [-0.15, -0.1) is 0 Å². The highest BCUT2D eigenvalue weighted by atomic mass is 16.5. The lowest BCUT2D eigenvalue weighted by Crippen LogP contribution is -2.41. The largest absolute Gasteiger partial charge is 0.484 e. The first-order valence-corrected chi connectivity index (χ1v) is 7.92. The van der Waals surface area contributed by atoms with Crippen molar-refractivity contribution in [3.8, 4) is 11.8 Å². The van der Waals surface area contributed by atoms with E-state index in [1.807, 2.05) is 25.1 Å². The number of ether oxygens (including phenoxy) is 1. The molecule has 2 amide bonds. The van der Waals surface area contributed by atoms with Crippen LogP contribution in [-0.2, 0) is 9.59 Å². The summed E-state index contributed by atoms with van der Waals surface area (Å²) < 4.78 is 5.55. The quantitative estimate of drug-likeness (QED) is 0.935. The van der Waals surface area contributed by atoms with Crippen LogP contribution in [0.4, 0.5) is 11.4 Å². The van der Waals surface area contributed by atoms with Gasteiger partial charge in [0.1, 0.15) is 5.75 Å². The number of benzene rings is 2. The maximum Gasteiger partial charge on any atom is 0.265 e. The first-order chi connectivity index (χ1) is 12.1. The molecule has 126 valence electrons. The lowest BCUT2D eigenvalue weighted by atomic mass is 10.1. The SMILES string of the molecule is C[C@H]1CC(=O)Nc2ccccc2N1C(=O)COc1ccc(C#N)cc1. The molecule has 0 saturated heterocycles. The average Bonchev–Trinajstić information content (AvgIpc) is 2.74. The van der Waals surface area contributed by atoms with Crippen molar-refractivity contribution in [3.63, 3.8) is 0 Å². The molecule has 1 aliphatic rings. The van der Waals surface area contributed by atoms with E-state index in [9.17, 15) is 9.59 Å². The molecule has 0 saturated carbocycles. The third kappa shape index (κ3) is 3.61. The Balaban J connectivity index is 1.78. The summed E-state index contributed by atoms with van der Waals surface area (Å²) in [6.45, 7) is 1.68. The van der Waals surface area contributed by atoms with E-state index in [0.29, 0.717) is 22.7 Å². The minimum absolute atomic E-state index is 0.122. The van der Waals surface area contributed by atoms with Gasteiger partial charge in [-0.3, -0.25) is 9.59 Å². The molecule has 0 spiro atoms. The molecular formula is C19H17N3O3. The van der Waals surface area contributed by atoms with Crippen LogP contribution in [0.2, 0.25) is 0 Å². The van der Waals surface area contributed by atoms with E-state index in [-0.39, 0.29) is 30.9 Å². The van der Waals surface area contributed by atoms with Crippen molar-refractivity contribution in [2.75, 3.05) is 16.8 Å². The fourth-order valence-corrected chi connectivity index (χ4v) is 2.81. The van der Waals surface area contributed by atoms with Crippen LogP contribution in [-0.4, -0.2) is 24.5 Å². The molecule has 2 aromatic rings. The van der Waals surface area contributed by atoms with Crippen LogP contribution in [0.25, 0.3) is 0 Å². The fourth-order valence-electron chi connectivity index (χ4n) is 2.81. The maximum absolute atomic E-state index is 12.7. The molecule has 1 N–H and O–H groups in total. The van der Waals surface area contributed by atoms with Crippen LogP contribution in [0.5, 0.6) is 5.75 Å². The van der Waals surface area contributed by atoms with Gasteiger partial charge < -0.3 is 15.0 Å². The number of carbonyl (C=O) groups is 2. The first kappa shape index (κ1) is 16.5. The van der Waals surface area contributed by atoms with Crippen molar-refractivity contribution >= 4 is 23.2 Å². The van der Waals surface area contributed by atoms with Gasteiger partial charge in [-0.2, -0.15) is 5.26 Å². The zero-order valence-electron chi connectivity index (χ0n) is 13.7. The topological polar surface area (TPSA) is 82.4 Å². The lowest BCUT2D eigenvalue weighted by molar-refractivity contribution is -0.121. The molecule has 0 aromatic heterocycles. The second kappa shape index (κ2) is 7.05. The number of nitrogens with one attached hydrogen (secondary N) is 1. The number of rotatable bonds is 3. The van der Waals surface area contributed by atoms with Crippen molar-refractivity contribution in [2.24, 2.45) is 0 Å². The fraction of sp³-hybridized carbons (Fsp3) is 0.211. The molecule has 0 fully saturated rings. The van der Waals surface area contributed by atoms with Crippen molar-refractivity contribution in [1.82, 2.24) is 0 Å². The molecule has 1 aliphatic heterocycles. The summed E-state index contributed by atoms with van der Waals surface area (Å²) in [5.74, 6) is 0.154. The van der Waals surface area contributed by atoms with Gasteiger partial charge in [-0.1, -0.05) is 12.1 Å². The number of para-hydroxylation sites is 2. The smallest absolute Gasteiger partial charge is 0.265 e. The first-order valence-electron chi connectivity index (χ1n) is 7.92. The van der Waals surface area contributed by atoms with Crippen LogP contribution in [0.1, 0.15) is 18.9 Å². The third-order valence-electron chi connectivity index (χ3n) is 3.97. The van der Waals surface area contributed by atoms with Gasteiger partial charge in [-0.25, -0.2) is 0 Å². The number of hydrogen-bond acceptors (Lipinski definition) is 4. The predicted octanol–water partition coefficient (Wildman–Crippen LogP) is 2.70. The molecule has 2 aromatic carbocycles. The predicted molar refractivity (Wildman–Crippen MR) is 93.3 cm³/mol. The number of fused-ring (bicyclic) bond motifs is 1. The van der Waals surface area contributed by atoms with Gasteiger partial charge in [0.25, 0.3) is 5.91 Å². The van der Waals surface area contributed by atoms with Crippen molar-refractivity contribution in [2.45, 2.75) is 19.4 Å². The minimum Gasteiger partial charge on any atom is -0.484 e. The summed E-state index contributed by atoms with van der Waals surface area (Å²) in [6.07, 6.45) is 0.220. The monoisotopic (exact) mass is 335 g/mol. The van der Waals surface area contributed by atoms with E-state index >= 15 is 0 Å². The van der Waals surface area contributed by atoms with Crippen molar-refractivity contribution in [3.05, 3.63) is 54.1 Å². The van der Waals surface area contributed by atoms with Crippen LogP contribution >= 0.6 is 0 Å². The summed E-state index contributed by atoms with van der Waals surface area (Å²) in [6, 6.07) is 15.5. The molecule has 3 rings (SSSR count). The molecule has 0 radical (unpaired) electrons. The second-order valence-corrected chi connectivity index (χ2v) is 5.81. The lowest BCUT2D eigenvalue weighted by Gasteiger charge is -2.27. The van der Waals surface area contributed by atoms with E-state index in [1.165, 1.54) is 0 Å². The molecule has 6 nitrogen and oxygen atoms in total. The molecule has 0 unspecified atom stereocenters. The summed E-state index contributed by atoms with van der Waals surface area (Å²) in [5, 5.41) is 11.6. The van der Waals surface area contributed by atoms with Crippen LogP contribution in [0.3, 0.4) is 0 Å². The number of hydrogen-bond donors (Lipinski definition) is 1. The number of carbonyl (C=O) groups excluding carboxylic acids is 2. The molecular weight excluding hydrogens is 318 g/mol. The molecule has 25 heavy (non-hydrogen) atoms. The van der Waals surface area contributed by atoms with Crippen LogP contribution in [0.15, 0.2) is 48.5 Å². The molecule has 1 heterocycles. The molecule has 0 bridgehead atoms. The molecule has 6 heteroatoms. The normalized spacial score (nSPS) is 16.2. The Labute approximate surface area is 145 Å². The highest BCUT2D eigenvalue weighted by Crippen LogP contribution is 2.31. The van der Waals surface area contributed by atoms with Crippen LogP contribution < -0.4 is 15.0 Å². The Bertz CT molecular complexity index is 840. The summed E-state index contributed by atoms with van der Waals surface area (Å²) in [7, 11) is 0. The average molecular weight is 335 g/mol. The van der Waals surface area contributed by atoms with Gasteiger partial charge in [0.05, 0.1) is 23.0 Å². The Morgan fingerprint density at radius 1 is 1.28 bits per heavy atom. The van der Waals surface area contributed by atoms with Crippen molar-refractivity contribution < 1.29 is 14.3 Å². The Morgan fingerprint density at radius 2 is 2.00 bits per heavy atom. The van der Waals surface area contributed by atoms with E-state index in [4.69, 9.17) is 10.00 Å². The number of anilines is 2. The van der Waals surface area contributed by atoms with Gasteiger partial charge >= 0.3 is 0 Å². The molecule has 1 atom stereocenters. The van der Waals surface area contributed by atoms with Crippen molar-refractivity contribution in [1.29, 1.82) is 5.26 Å². The summed E-state index contributed by atoms with van der Waals surface area (Å²) in [4.78, 5) is 26.3. The van der Waals surface area contributed by atoms with E-state index in [0.717, 1.165) is 0 Å². The van der Waals surface area contributed by atoms with Gasteiger partial charge in [0.2, 0.25) is 5.91 Å². The third-order valence-corrected chi connectivity index (χ3v) is 3.97. The van der Waals surface area contributed by atoms with Gasteiger partial charge in [0, 0.05) is 12.5 Å². The Hall–Kier alpha value is -3.33. The van der Waals surface area contributed by atoms with E-state index in [2.05, 4.69) is 5.32 Å². The van der Waals surface area contributed by atoms with E-state index < -0.39 is 0 Å². The highest BCUT2D eigenvalue weighted by molar-refractivity contribution is 6.04. The van der Waals surface area contributed by atoms with Crippen LogP contribution in [0, 0.1) is 11.3 Å².